The Morgan fingerprint density at radius 2 is 1.57 bits per heavy atom. The zero-order chi connectivity index (χ0) is 14.8. The van der Waals surface area contributed by atoms with E-state index >= 15 is 0 Å². The average molecular weight is 298 g/mol. The molecule has 1 heterocycles. The Labute approximate surface area is 129 Å². The number of rotatable bonds is 3. The number of hydrogen-bond acceptors (Lipinski definition) is 3. The monoisotopic (exact) mass is 297 g/mol. The van der Waals surface area contributed by atoms with Gasteiger partial charge < -0.3 is 5.32 Å². The van der Waals surface area contributed by atoms with Gasteiger partial charge in [-0.2, -0.15) is 0 Å². The molecule has 0 aliphatic carbocycles. The summed E-state index contributed by atoms with van der Waals surface area (Å²) in [6.45, 7) is 4.36. The summed E-state index contributed by atoms with van der Waals surface area (Å²) < 4.78 is 0. The maximum Gasteiger partial charge on any atom is 0.161 e. The van der Waals surface area contributed by atoms with Crippen molar-refractivity contribution in [3.05, 3.63) is 59.2 Å². The van der Waals surface area contributed by atoms with Gasteiger partial charge in [0, 0.05) is 16.5 Å². The third-order valence-electron chi connectivity index (χ3n) is 3.48. The van der Waals surface area contributed by atoms with Crippen LogP contribution in [0.15, 0.2) is 48.5 Å². The summed E-state index contributed by atoms with van der Waals surface area (Å²) >= 11 is 6.09. The molecular formula is C17H16ClN3. The minimum absolute atomic E-state index is 0.423. The molecule has 2 aromatic carbocycles. The number of nitrogens with one attached hydrogen (secondary N) is 1. The minimum Gasteiger partial charge on any atom is -0.338 e. The van der Waals surface area contributed by atoms with E-state index in [1.165, 1.54) is 5.56 Å². The Morgan fingerprint density at radius 1 is 0.905 bits per heavy atom. The highest BCUT2D eigenvalue weighted by Gasteiger charge is 2.07. The molecule has 4 heteroatoms. The van der Waals surface area contributed by atoms with Crippen molar-refractivity contribution in [3.63, 3.8) is 0 Å². The quantitative estimate of drug-likeness (QED) is 0.726. The highest BCUT2D eigenvalue weighted by Crippen LogP contribution is 2.28. The molecule has 0 fully saturated rings. The molecule has 0 amide bonds. The fourth-order valence-corrected chi connectivity index (χ4v) is 2.45. The van der Waals surface area contributed by atoms with Gasteiger partial charge in [0.2, 0.25) is 0 Å². The number of aromatic nitrogens is 2. The smallest absolute Gasteiger partial charge is 0.161 e. The first-order valence-electron chi connectivity index (χ1n) is 6.93. The van der Waals surface area contributed by atoms with Crippen LogP contribution in [0, 0.1) is 0 Å². The van der Waals surface area contributed by atoms with Gasteiger partial charge in [-0.25, -0.2) is 0 Å². The minimum atomic E-state index is 0.423. The van der Waals surface area contributed by atoms with Crippen LogP contribution in [-0.2, 0) is 0 Å². The van der Waals surface area contributed by atoms with Crippen molar-refractivity contribution in [1.82, 2.24) is 10.2 Å². The summed E-state index contributed by atoms with van der Waals surface area (Å²) in [5.74, 6) is 1.24. The molecule has 0 aliphatic heterocycles. The zero-order valence-electron chi connectivity index (χ0n) is 12.0. The van der Waals surface area contributed by atoms with Crippen LogP contribution < -0.4 is 5.32 Å². The van der Waals surface area contributed by atoms with Crippen LogP contribution in [0.1, 0.15) is 25.3 Å². The van der Waals surface area contributed by atoms with Crippen LogP contribution in [0.2, 0.25) is 5.15 Å². The van der Waals surface area contributed by atoms with Crippen molar-refractivity contribution in [2.45, 2.75) is 19.8 Å². The van der Waals surface area contributed by atoms with E-state index in [1.807, 2.05) is 24.3 Å². The second kappa shape index (κ2) is 5.70. The van der Waals surface area contributed by atoms with Crippen molar-refractivity contribution >= 4 is 33.9 Å². The molecule has 21 heavy (non-hydrogen) atoms. The standard InChI is InChI=1S/C17H16ClN3/c1-11(2)12-7-9-13(10-8-12)19-17-15-6-4-3-5-14(15)16(18)20-21-17/h3-11H,1-2H3,(H,19,21). The fourth-order valence-electron chi connectivity index (χ4n) is 2.25. The van der Waals surface area contributed by atoms with Crippen LogP contribution in [-0.4, -0.2) is 10.2 Å². The molecular weight excluding hydrogens is 282 g/mol. The first kappa shape index (κ1) is 13.8. The van der Waals surface area contributed by atoms with Gasteiger partial charge in [0.05, 0.1) is 0 Å². The van der Waals surface area contributed by atoms with Gasteiger partial charge in [-0.05, 0) is 23.6 Å². The van der Waals surface area contributed by atoms with Crippen molar-refractivity contribution < 1.29 is 0 Å². The summed E-state index contributed by atoms with van der Waals surface area (Å²) in [4.78, 5) is 0. The lowest BCUT2D eigenvalue weighted by atomic mass is 10.0. The second-order valence-electron chi connectivity index (χ2n) is 5.29. The van der Waals surface area contributed by atoms with Crippen LogP contribution in [0.5, 0.6) is 0 Å². The van der Waals surface area contributed by atoms with Gasteiger partial charge >= 0.3 is 0 Å². The maximum absolute atomic E-state index is 6.09. The largest absolute Gasteiger partial charge is 0.338 e. The Bertz CT molecular complexity index is 767. The van der Waals surface area contributed by atoms with Crippen molar-refractivity contribution in [2.24, 2.45) is 0 Å². The summed E-state index contributed by atoms with van der Waals surface area (Å²) in [6.07, 6.45) is 0. The Morgan fingerprint density at radius 3 is 2.24 bits per heavy atom. The lowest BCUT2D eigenvalue weighted by Gasteiger charge is -2.10. The van der Waals surface area contributed by atoms with E-state index in [1.54, 1.807) is 0 Å². The molecule has 0 radical (unpaired) electrons. The van der Waals surface area contributed by atoms with Gasteiger partial charge in [0.15, 0.2) is 11.0 Å². The third-order valence-corrected chi connectivity index (χ3v) is 3.76. The van der Waals surface area contributed by atoms with Crippen molar-refractivity contribution in [3.8, 4) is 0 Å². The Hall–Kier alpha value is -2.13. The van der Waals surface area contributed by atoms with Crippen LogP contribution >= 0.6 is 11.6 Å². The van der Waals surface area contributed by atoms with E-state index in [-0.39, 0.29) is 0 Å². The van der Waals surface area contributed by atoms with Gasteiger partial charge in [-0.3, -0.25) is 0 Å². The molecule has 3 rings (SSSR count). The predicted molar refractivity (Wildman–Crippen MR) is 88.4 cm³/mol. The number of hydrogen-bond donors (Lipinski definition) is 1. The van der Waals surface area contributed by atoms with Gasteiger partial charge in [0.1, 0.15) is 0 Å². The van der Waals surface area contributed by atoms with Gasteiger partial charge in [0.25, 0.3) is 0 Å². The molecule has 0 spiro atoms. The molecule has 106 valence electrons. The van der Waals surface area contributed by atoms with E-state index < -0.39 is 0 Å². The number of anilines is 2. The molecule has 0 saturated heterocycles. The summed E-state index contributed by atoms with van der Waals surface area (Å²) in [5.41, 5.74) is 2.30. The Kier molecular flexibility index (Phi) is 3.76. The molecule has 1 N–H and O–H groups in total. The van der Waals surface area contributed by atoms with E-state index in [0.29, 0.717) is 16.9 Å². The summed E-state index contributed by atoms with van der Waals surface area (Å²) in [7, 11) is 0. The van der Waals surface area contributed by atoms with E-state index in [4.69, 9.17) is 11.6 Å². The van der Waals surface area contributed by atoms with Crippen LogP contribution in [0.4, 0.5) is 11.5 Å². The molecule has 0 unspecified atom stereocenters. The molecule has 1 aromatic heterocycles. The number of nitrogens with zero attached hydrogens (tertiary/aromatic N) is 2. The fraction of sp³-hybridized carbons (Fsp3) is 0.176. The van der Waals surface area contributed by atoms with E-state index in [9.17, 15) is 0 Å². The van der Waals surface area contributed by atoms with Crippen molar-refractivity contribution in [1.29, 1.82) is 0 Å². The molecule has 0 aliphatic rings. The number of fused-ring (bicyclic) bond motifs is 1. The molecule has 3 nitrogen and oxygen atoms in total. The lowest BCUT2D eigenvalue weighted by Crippen LogP contribution is -1.98. The second-order valence-corrected chi connectivity index (χ2v) is 5.64. The highest BCUT2D eigenvalue weighted by atomic mass is 35.5. The zero-order valence-corrected chi connectivity index (χ0v) is 12.7. The van der Waals surface area contributed by atoms with E-state index in [0.717, 1.165) is 16.5 Å². The van der Waals surface area contributed by atoms with Gasteiger partial charge in [-0.1, -0.05) is 61.8 Å². The summed E-state index contributed by atoms with van der Waals surface area (Å²) in [5, 5.41) is 13.8. The van der Waals surface area contributed by atoms with E-state index in [2.05, 4.69) is 53.6 Å². The van der Waals surface area contributed by atoms with Crippen LogP contribution in [0.3, 0.4) is 0 Å². The third kappa shape index (κ3) is 2.83. The Balaban J connectivity index is 1.96. The molecule has 0 atom stereocenters. The first-order chi connectivity index (χ1) is 10.1. The first-order valence-corrected chi connectivity index (χ1v) is 7.31. The molecule has 0 saturated carbocycles. The summed E-state index contributed by atoms with van der Waals surface area (Å²) in [6, 6.07) is 16.2. The van der Waals surface area contributed by atoms with Crippen molar-refractivity contribution in [2.75, 3.05) is 5.32 Å². The van der Waals surface area contributed by atoms with Crippen LogP contribution in [0.25, 0.3) is 10.8 Å². The lowest BCUT2D eigenvalue weighted by molar-refractivity contribution is 0.867. The predicted octanol–water partition coefficient (Wildman–Crippen LogP) is 5.15. The average Bonchev–Trinajstić information content (AvgIpc) is 2.51. The number of benzene rings is 2. The number of halogens is 1. The molecule has 0 bridgehead atoms. The highest BCUT2D eigenvalue weighted by molar-refractivity contribution is 6.34. The normalized spacial score (nSPS) is 11.0. The SMILES string of the molecule is CC(C)c1ccc(Nc2nnc(Cl)c3ccccc23)cc1. The maximum atomic E-state index is 6.09. The van der Waals surface area contributed by atoms with Gasteiger partial charge in [-0.15, -0.1) is 10.2 Å². The topological polar surface area (TPSA) is 37.8 Å². The molecule has 3 aromatic rings.